The first-order valence-corrected chi connectivity index (χ1v) is 9.58. The number of carbonyl (C=O) groups excluding carboxylic acids is 1. The molecule has 0 N–H and O–H groups in total. The Labute approximate surface area is 178 Å². The summed E-state index contributed by atoms with van der Waals surface area (Å²) in [5.74, 6) is 0.465. The van der Waals surface area contributed by atoms with Crippen LogP contribution >= 0.6 is 0 Å². The summed E-state index contributed by atoms with van der Waals surface area (Å²) in [5, 5.41) is 0.330. The third-order valence-corrected chi connectivity index (χ3v) is 4.86. The number of hydrogen-bond acceptors (Lipinski definition) is 6. The maximum absolute atomic E-state index is 13.3. The van der Waals surface area contributed by atoms with Crippen molar-refractivity contribution in [2.45, 2.75) is 6.92 Å². The molecule has 6 nitrogen and oxygen atoms in total. The van der Waals surface area contributed by atoms with Crippen LogP contribution in [0.5, 0.6) is 17.2 Å². The number of methoxy groups -OCH3 is 2. The van der Waals surface area contributed by atoms with Crippen molar-refractivity contribution < 1.29 is 23.4 Å². The zero-order valence-corrected chi connectivity index (χ0v) is 17.3. The molecule has 1 aromatic heterocycles. The van der Waals surface area contributed by atoms with E-state index >= 15 is 0 Å². The Bertz CT molecular complexity index is 1320. The second kappa shape index (κ2) is 8.36. The van der Waals surface area contributed by atoms with Crippen LogP contribution in [-0.2, 0) is 0 Å². The van der Waals surface area contributed by atoms with E-state index in [0.29, 0.717) is 28.0 Å². The molecule has 0 aliphatic rings. The van der Waals surface area contributed by atoms with Crippen molar-refractivity contribution in [1.82, 2.24) is 0 Å². The van der Waals surface area contributed by atoms with E-state index in [1.165, 1.54) is 7.11 Å². The number of benzene rings is 3. The van der Waals surface area contributed by atoms with Gasteiger partial charge >= 0.3 is 5.97 Å². The highest BCUT2D eigenvalue weighted by molar-refractivity contribution is 5.93. The monoisotopic (exact) mass is 416 g/mol. The summed E-state index contributed by atoms with van der Waals surface area (Å²) in [4.78, 5) is 26.1. The Morgan fingerprint density at radius 1 is 0.871 bits per heavy atom. The minimum Gasteiger partial charge on any atom is -0.497 e. The smallest absolute Gasteiger partial charge is 0.343 e. The van der Waals surface area contributed by atoms with Crippen molar-refractivity contribution in [3.63, 3.8) is 0 Å². The van der Waals surface area contributed by atoms with Gasteiger partial charge in [-0.2, -0.15) is 0 Å². The van der Waals surface area contributed by atoms with Gasteiger partial charge in [0.05, 0.1) is 25.2 Å². The Hall–Kier alpha value is -4.06. The second-order valence-electron chi connectivity index (χ2n) is 6.94. The SMILES string of the molecule is COc1ccc(-c2oc3cc(C)ccc3c(=O)c2OC(=O)c2cccc(OC)c2)cc1. The largest absolute Gasteiger partial charge is 0.497 e. The molecule has 0 aliphatic heterocycles. The van der Waals surface area contributed by atoms with Gasteiger partial charge in [-0.15, -0.1) is 0 Å². The summed E-state index contributed by atoms with van der Waals surface area (Å²) in [5.41, 5.74) is 1.76. The topological polar surface area (TPSA) is 75.0 Å². The van der Waals surface area contributed by atoms with Gasteiger partial charge in [0, 0.05) is 5.56 Å². The van der Waals surface area contributed by atoms with E-state index in [-0.39, 0.29) is 17.1 Å². The lowest BCUT2D eigenvalue weighted by Gasteiger charge is -2.12. The molecule has 0 saturated heterocycles. The van der Waals surface area contributed by atoms with Crippen LogP contribution in [0, 0.1) is 6.92 Å². The van der Waals surface area contributed by atoms with Gasteiger partial charge in [-0.25, -0.2) is 4.79 Å². The van der Waals surface area contributed by atoms with E-state index in [9.17, 15) is 9.59 Å². The van der Waals surface area contributed by atoms with Crippen LogP contribution in [0.3, 0.4) is 0 Å². The molecule has 4 rings (SSSR count). The maximum Gasteiger partial charge on any atom is 0.343 e. The molecule has 0 aliphatic carbocycles. The quantitative estimate of drug-likeness (QED) is 0.426. The first-order valence-electron chi connectivity index (χ1n) is 9.58. The molecule has 0 radical (unpaired) electrons. The van der Waals surface area contributed by atoms with Crippen LogP contribution in [-0.4, -0.2) is 20.2 Å². The fourth-order valence-electron chi connectivity index (χ4n) is 3.21. The number of ether oxygens (including phenoxy) is 3. The van der Waals surface area contributed by atoms with Crippen molar-refractivity contribution in [3.8, 4) is 28.6 Å². The average Bonchev–Trinajstić information content (AvgIpc) is 2.80. The van der Waals surface area contributed by atoms with Gasteiger partial charge in [0.15, 0.2) is 5.76 Å². The molecule has 0 amide bonds. The summed E-state index contributed by atoms with van der Waals surface area (Å²) in [6.45, 7) is 1.91. The molecule has 0 bridgehead atoms. The highest BCUT2D eigenvalue weighted by Gasteiger charge is 2.22. The van der Waals surface area contributed by atoms with E-state index in [2.05, 4.69) is 0 Å². The standard InChI is InChI=1S/C25H20O6/c1-15-7-12-20-21(13-15)30-23(16-8-10-18(28-2)11-9-16)24(22(20)26)31-25(27)17-5-4-6-19(14-17)29-3/h4-14H,1-3H3. The Morgan fingerprint density at radius 2 is 1.61 bits per heavy atom. The summed E-state index contributed by atoms with van der Waals surface area (Å²) in [7, 11) is 3.07. The van der Waals surface area contributed by atoms with Gasteiger partial charge in [-0.1, -0.05) is 12.1 Å². The third kappa shape index (κ3) is 4.00. The zero-order chi connectivity index (χ0) is 22.0. The molecule has 0 saturated carbocycles. The minimum atomic E-state index is -0.688. The van der Waals surface area contributed by atoms with Crippen molar-refractivity contribution in [2.75, 3.05) is 14.2 Å². The Morgan fingerprint density at radius 3 is 2.32 bits per heavy atom. The van der Waals surface area contributed by atoms with Crippen LogP contribution < -0.4 is 19.6 Å². The second-order valence-corrected chi connectivity index (χ2v) is 6.94. The molecule has 6 heteroatoms. The first kappa shape index (κ1) is 20.2. The molecule has 0 spiro atoms. The van der Waals surface area contributed by atoms with Crippen LogP contribution in [0.25, 0.3) is 22.3 Å². The fraction of sp³-hybridized carbons (Fsp3) is 0.120. The van der Waals surface area contributed by atoms with Gasteiger partial charge in [0.1, 0.15) is 17.1 Å². The number of aryl methyl sites for hydroxylation is 1. The van der Waals surface area contributed by atoms with Gasteiger partial charge in [-0.05, 0) is 67.1 Å². The average molecular weight is 416 g/mol. The van der Waals surface area contributed by atoms with Crippen molar-refractivity contribution in [3.05, 3.63) is 88.1 Å². The third-order valence-electron chi connectivity index (χ3n) is 4.86. The van der Waals surface area contributed by atoms with Gasteiger partial charge in [0.2, 0.25) is 11.2 Å². The maximum atomic E-state index is 13.3. The van der Waals surface area contributed by atoms with E-state index in [1.807, 2.05) is 6.92 Å². The van der Waals surface area contributed by atoms with E-state index in [4.69, 9.17) is 18.6 Å². The molecular formula is C25H20O6. The highest BCUT2D eigenvalue weighted by Crippen LogP contribution is 2.33. The highest BCUT2D eigenvalue weighted by atomic mass is 16.5. The molecule has 0 unspecified atom stereocenters. The predicted octanol–water partition coefficient (Wildman–Crippen LogP) is 5.00. The lowest BCUT2D eigenvalue weighted by atomic mass is 10.1. The number of fused-ring (bicyclic) bond motifs is 1. The fourth-order valence-corrected chi connectivity index (χ4v) is 3.21. The summed E-state index contributed by atoms with van der Waals surface area (Å²) < 4.78 is 22.0. The van der Waals surface area contributed by atoms with Crippen LogP contribution in [0.15, 0.2) is 75.9 Å². The predicted molar refractivity (Wildman–Crippen MR) is 117 cm³/mol. The van der Waals surface area contributed by atoms with Crippen LogP contribution in [0.1, 0.15) is 15.9 Å². The lowest BCUT2D eigenvalue weighted by molar-refractivity contribution is 0.0731. The summed E-state index contributed by atoms with van der Waals surface area (Å²) in [6.07, 6.45) is 0. The summed E-state index contributed by atoms with van der Waals surface area (Å²) >= 11 is 0. The van der Waals surface area contributed by atoms with Crippen LogP contribution in [0.2, 0.25) is 0 Å². The van der Waals surface area contributed by atoms with Crippen molar-refractivity contribution >= 4 is 16.9 Å². The van der Waals surface area contributed by atoms with Gasteiger partial charge < -0.3 is 18.6 Å². The zero-order valence-electron chi connectivity index (χ0n) is 17.3. The molecule has 4 aromatic rings. The molecule has 0 fully saturated rings. The number of rotatable bonds is 5. The van der Waals surface area contributed by atoms with Crippen molar-refractivity contribution in [2.24, 2.45) is 0 Å². The number of carbonyl (C=O) groups is 1. The van der Waals surface area contributed by atoms with Crippen LogP contribution in [0.4, 0.5) is 0 Å². The normalized spacial score (nSPS) is 10.7. The van der Waals surface area contributed by atoms with Gasteiger partial charge in [-0.3, -0.25) is 4.79 Å². The van der Waals surface area contributed by atoms with Crippen molar-refractivity contribution in [1.29, 1.82) is 0 Å². The number of esters is 1. The molecule has 0 atom stereocenters. The molecule has 3 aromatic carbocycles. The molecule has 156 valence electrons. The van der Waals surface area contributed by atoms with E-state index in [1.54, 1.807) is 73.8 Å². The molecule has 31 heavy (non-hydrogen) atoms. The molecule has 1 heterocycles. The molecular weight excluding hydrogens is 396 g/mol. The Kier molecular flexibility index (Phi) is 5.45. The lowest BCUT2D eigenvalue weighted by Crippen LogP contribution is -2.16. The van der Waals surface area contributed by atoms with Gasteiger partial charge in [0.25, 0.3) is 0 Å². The minimum absolute atomic E-state index is 0.169. The van der Waals surface area contributed by atoms with E-state index in [0.717, 1.165) is 5.56 Å². The number of hydrogen-bond donors (Lipinski definition) is 0. The first-order chi connectivity index (χ1) is 15.0. The summed E-state index contributed by atoms with van der Waals surface area (Å²) in [6, 6.07) is 18.7. The Balaban J connectivity index is 1.87. The van der Waals surface area contributed by atoms with E-state index < -0.39 is 11.4 Å².